The van der Waals surface area contributed by atoms with Crippen molar-refractivity contribution in [3.63, 3.8) is 0 Å². The summed E-state index contributed by atoms with van der Waals surface area (Å²) in [6.45, 7) is 4.58. The molecule has 2 nitrogen and oxygen atoms in total. The molecule has 3 aliphatic carbocycles. The second-order valence-corrected chi connectivity index (χ2v) is 11.5. The molecule has 4 atom stereocenters. The molecule has 3 fully saturated rings. The van der Waals surface area contributed by atoms with Crippen molar-refractivity contribution >= 4 is 5.97 Å². The molecule has 0 spiro atoms. The molecule has 0 aliphatic heterocycles. The molecular formula is C29H52O2. The van der Waals surface area contributed by atoms with Gasteiger partial charge in [-0.15, -0.1) is 0 Å². The third-order valence-corrected chi connectivity index (χ3v) is 9.06. The third kappa shape index (κ3) is 8.39. The Morgan fingerprint density at radius 2 is 1.23 bits per heavy atom. The highest BCUT2D eigenvalue weighted by molar-refractivity contribution is 5.72. The van der Waals surface area contributed by atoms with Crippen molar-refractivity contribution in [2.24, 2.45) is 29.6 Å². The molecule has 180 valence electrons. The monoisotopic (exact) mass is 432 g/mol. The van der Waals surface area contributed by atoms with Gasteiger partial charge < -0.3 is 4.74 Å². The van der Waals surface area contributed by atoms with Crippen LogP contribution in [0.5, 0.6) is 0 Å². The molecule has 31 heavy (non-hydrogen) atoms. The van der Waals surface area contributed by atoms with E-state index in [1.165, 1.54) is 103 Å². The quantitative estimate of drug-likeness (QED) is 0.227. The molecule has 0 radical (unpaired) electrons. The first-order valence-corrected chi connectivity index (χ1v) is 14.4. The van der Waals surface area contributed by atoms with Gasteiger partial charge >= 0.3 is 5.97 Å². The molecule has 0 bridgehead atoms. The van der Waals surface area contributed by atoms with Gasteiger partial charge in [0.25, 0.3) is 0 Å². The fourth-order valence-electron chi connectivity index (χ4n) is 6.98. The Morgan fingerprint density at radius 3 is 2.00 bits per heavy atom. The van der Waals surface area contributed by atoms with Gasteiger partial charge in [-0.05, 0) is 81.5 Å². The number of ether oxygens (including phenoxy) is 1. The molecular weight excluding hydrogens is 380 g/mol. The minimum atomic E-state index is 0.158. The summed E-state index contributed by atoms with van der Waals surface area (Å²) in [7, 11) is 0. The minimum Gasteiger partial charge on any atom is -0.462 e. The van der Waals surface area contributed by atoms with Gasteiger partial charge in [-0.25, -0.2) is 0 Å². The van der Waals surface area contributed by atoms with E-state index in [0.29, 0.717) is 0 Å². The van der Waals surface area contributed by atoms with Crippen LogP contribution in [-0.4, -0.2) is 12.1 Å². The summed E-state index contributed by atoms with van der Waals surface area (Å²) in [5.74, 6) is 3.92. The van der Waals surface area contributed by atoms with Crippen LogP contribution in [0.2, 0.25) is 0 Å². The smallest absolute Gasteiger partial charge is 0.309 e. The van der Waals surface area contributed by atoms with Crippen LogP contribution >= 0.6 is 0 Å². The Balaban J connectivity index is 1.31. The molecule has 0 aromatic rings. The van der Waals surface area contributed by atoms with Crippen LogP contribution in [0.3, 0.4) is 0 Å². The SMILES string of the molecule is CCCCCCCC1CCC2CC(C(=O)OC3CCC(CCCCC)CC3)CCC2C1. The first-order valence-electron chi connectivity index (χ1n) is 14.4. The maximum atomic E-state index is 12.9. The first-order chi connectivity index (χ1) is 15.2. The van der Waals surface area contributed by atoms with Crippen molar-refractivity contribution < 1.29 is 9.53 Å². The summed E-state index contributed by atoms with van der Waals surface area (Å²) in [5.41, 5.74) is 0. The van der Waals surface area contributed by atoms with Crippen molar-refractivity contribution in [1.82, 2.24) is 0 Å². The number of carbonyl (C=O) groups excluding carboxylic acids is 1. The summed E-state index contributed by atoms with van der Waals surface area (Å²) in [6.07, 6.45) is 26.7. The highest BCUT2D eigenvalue weighted by atomic mass is 16.5. The fraction of sp³-hybridized carbons (Fsp3) is 0.966. The van der Waals surface area contributed by atoms with Gasteiger partial charge in [0.05, 0.1) is 5.92 Å². The minimum absolute atomic E-state index is 0.158. The lowest BCUT2D eigenvalue weighted by molar-refractivity contribution is -0.158. The summed E-state index contributed by atoms with van der Waals surface area (Å²) in [5, 5.41) is 0. The maximum absolute atomic E-state index is 12.9. The second-order valence-electron chi connectivity index (χ2n) is 11.5. The molecule has 0 N–H and O–H groups in total. The van der Waals surface area contributed by atoms with Crippen LogP contribution in [0, 0.1) is 29.6 Å². The fourth-order valence-corrected chi connectivity index (χ4v) is 6.98. The van der Waals surface area contributed by atoms with Crippen LogP contribution in [0.25, 0.3) is 0 Å². The molecule has 3 saturated carbocycles. The Kier molecular flexibility index (Phi) is 11.2. The molecule has 3 aliphatic rings. The zero-order chi connectivity index (χ0) is 21.9. The lowest BCUT2D eigenvalue weighted by atomic mass is 9.64. The largest absolute Gasteiger partial charge is 0.462 e. The highest BCUT2D eigenvalue weighted by Gasteiger charge is 2.38. The van der Waals surface area contributed by atoms with Crippen LogP contribution in [0.15, 0.2) is 0 Å². The van der Waals surface area contributed by atoms with Gasteiger partial charge in [0.15, 0.2) is 0 Å². The topological polar surface area (TPSA) is 26.3 Å². The maximum Gasteiger partial charge on any atom is 0.309 e. The average Bonchev–Trinajstić information content (AvgIpc) is 2.80. The van der Waals surface area contributed by atoms with Gasteiger partial charge in [0.1, 0.15) is 6.10 Å². The number of hydrogen-bond acceptors (Lipinski definition) is 2. The van der Waals surface area contributed by atoms with E-state index in [4.69, 9.17) is 4.74 Å². The lowest BCUT2D eigenvalue weighted by Gasteiger charge is -2.42. The number of esters is 1. The van der Waals surface area contributed by atoms with Crippen LogP contribution in [0.1, 0.15) is 142 Å². The van der Waals surface area contributed by atoms with Gasteiger partial charge in [0, 0.05) is 0 Å². The van der Waals surface area contributed by atoms with Crippen LogP contribution in [-0.2, 0) is 9.53 Å². The summed E-state index contributed by atoms with van der Waals surface area (Å²) in [4.78, 5) is 12.9. The average molecular weight is 433 g/mol. The predicted octanol–water partition coefficient (Wildman–Crippen LogP) is 8.86. The summed E-state index contributed by atoms with van der Waals surface area (Å²) in [6, 6.07) is 0. The second kappa shape index (κ2) is 13.9. The van der Waals surface area contributed by atoms with Crippen molar-refractivity contribution in [3.05, 3.63) is 0 Å². The molecule has 0 amide bonds. The number of rotatable bonds is 12. The zero-order valence-corrected chi connectivity index (χ0v) is 20.9. The van der Waals surface area contributed by atoms with Crippen molar-refractivity contribution in [2.45, 2.75) is 148 Å². The molecule has 0 aromatic carbocycles. The number of fused-ring (bicyclic) bond motifs is 1. The molecule has 0 aromatic heterocycles. The van der Waals surface area contributed by atoms with E-state index in [2.05, 4.69) is 13.8 Å². The van der Waals surface area contributed by atoms with Gasteiger partial charge in [-0.1, -0.05) is 84.5 Å². The van der Waals surface area contributed by atoms with E-state index >= 15 is 0 Å². The van der Waals surface area contributed by atoms with E-state index in [0.717, 1.165) is 49.4 Å². The zero-order valence-electron chi connectivity index (χ0n) is 20.9. The Bertz CT molecular complexity index is 493. The third-order valence-electron chi connectivity index (χ3n) is 9.06. The number of carbonyl (C=O) groups is 1. The molecule has 0 heterocycles. The Labute approximate surface area is 193 Å². The molecule has 3 rings (SSSR count). The standard InChI is InChI=1S/C29H52O2/c1-3-5-7-8-10-12-24-13-16-26-22-27(18-17-25(26)21-24)29(30)31-28-19-14-23(15-20-28)11-9-6-4-2/h23-28H,3-22H2,1-2H3. The van der Waals surface area contributed by atoms with E-state index < -0.39 is 0 Å². The van der Waals surface area contributed by atoms with Gasteiger partial charge in [-0.3, -0.25) is 4.79 Å². The molecule has 2 heteroatoms. The Hall–Kier alpha value is -0.530. The van der Waals surface area contributed by atoms with E-state index in [1.807, 2.05) is 0 Å². The molecule has 4 unspecified atom stereocenters. The van der Waals surface area contributed by atoms with Gasteiger partial charge in [0.2, 0.25) is 0 Å². The van der Waals surface area contributed by atoms with Gasteiger partial charge in [-0.2, -0.15) is 0 Å². The summed E-state index contributed by atoms with van der Waals surface area (Å²) >= 11 is 0. The lowest BCUT2D eigenvalue weighted by Crippen LogP contribution is -2.36. The van der Waals surface area contributed by atoms with Crippen LogP contribution in [0.4, 0.5) is 0 Å². The van der Waals surface area contributed by atoms with Crippen molar-refractivity contribution in [1.29, 1.82) is 0 Å². The van der Waals surface area contributed by atoms with E-state index in [9.17, 15) is 4.79 Å². The normalized spacial score (nSPS) is 33.6. The number of hydrogen-bond donors (Lipinski definition) is 0. The van der Waals surface area contributed by atoms with Crippen LogP contribution < -0.4 is 0 Å². The van der Waals surface area contributed by atoms with Crippen molar-refractivity contribution in [2.75, 3.05) is 0 Å². The van der Waals surface area contributed by atoms with E-state index in [1.54, 1.807) is 0 Å². The predicted molar refractivity (Wildman–Crippen MR) is 131 cm³/mol. The summed E-state index contributed by atoms with van der Waals surface area (Å²) < 4.78 is 6.05. The molecule has 0 saturated heterocycles. The van der Waals surface area contributed by atoms with Crippen molar-refractivity contribution in [3.8, 4) is 0 Å². The first kappa shape index (κ1) is 25.1. The highest BCUT2D eigenvalue weighted by Crippen LogP contribution is 2.46. The van der Waals surface area contributed by atoms with E-state index in [-0.39, 0.29) is 18.0 Å². The number of unbranched alkanes of at least 4 members (excludes halogenated alkanes) is 6. The Morgan fingerprint density at radius 1 is 0.645 bits per heavy atom.